The van der Waals surface area contributed by atoms with E-state index < -0.39 is 12.3 Å². The van der Waals surface area contributed by atoms with Gasteiger partial charge in [-0.2, -0.15) is 13.2 Å². The van der Waals surface area contributed by atoms with Crippen LogP contribution in [-0.2, 0) is 0 Å². The number of hydrogen-bond donors (Lipinski definition) is 2. The third-order valence-corrected chi connectivity index (χ3v) is 3.68. The molecule has 2 nitrogen and oxygen atoms in total. The third-order valence-electron chi connectivity index (χ3n) is 3.68. The lowest BCUT2D eigenvalue weighted by Crippen LogP contribution is -2.19. The fraction of sp³-hybridized carbons (Fsp3) is 0.200. The number of hydrogen-bond acceptors (Lipinski definition) is 2. The minimum absolute atomic E-state index is 0.134. The minimum Gasteiger partial charge on any atom is -0.389 e. The molecule has 0 radical (unpaired) electrons. The van der Waals surface area contributed by atoms with Crippen molar-refractivity contribution in [3.8, 4) is 0 Å². The largest absolute Gasteiger partial charge is 0.418 e. The van der Waals surface area contributed by atoms with Crippen LogP contribution in [0.3, 0.4) is 0 Å². The molecule has 0 bridgehead atoms. The van der Waals surface area contributed by atoms with Crippen LogP contribution in [0.25, 0.3) is 10.8 Å². The summed E-state index contributed by atoms with van der Waals surface area (Å²) in [6.07, 6.45) is -7.34. The Labute approximate surface area is 144 Å². The maximum absolute atomic E-state index is 11.9. The van der Waals surface area contributed by atoms with Crippen molar-refractivity contribution < 1.29 is 23.4 Å². The fourth-order valence-electron chi connectivity index (χ4n) is 2.29. The zero-order valence-electron chi connectivity index (χ0n) is 13.6. The zero-order valence-corrected chi connectivity index (χ0v) is 13.6. The van der Waals surface area contributed by atoms with Crippen LogP contribution < -0.4 is 0 Å². The van der Waals surface area contributed by atoms with Crippen molar-refractivity contribution in [1.29, 1.82) is 0 Å². The molecule has 0 aliphatic rings. The van der Waals surface area contributed by atoms with Gasteiger partial charge in [-0.05, 0) is 34.9 Å². The van der Waals surface area contributed by atoms with E-state index in [-0.39, 0.29) is 11.7 Å². The molecule has 3 aromatic rings. The van der Waals surface area contributed by atoms with E-state index in [1.54, 1.807) is 13.0 Å². The maximum Gasteiger partial charge on any atom is 0.418 e. The molecular weight excluding hydrogens is 329 g/mol. The van der Waals surface area contributed by atoms with Gasteiger partial charge in [0, 0.05) is 0 Å². The van der Waals surface area contributed by atoms with E-state index in [0.29, 0.717) is 0 Å². The summed E-state index contributed by atoms with van der Waals surface area (Å²) < 4.78 is 35.7. The van der Waals surface area contributed by atoms with Crippen molar-refractivity contribution >= 4 is 10.8 Å². The summed E-state index contributed by atoms with van der Waals surface area (Å²) in [7, 11) is 0. The molecule has 25 heavy (non-hydrogen) atoms. The van der Waals surface area contributed by atoms with E-state index >= 15 is 0 Å². The fourth-order valence-corrected chi connectivity index (χ4v) is 2.29. The molecule has 132 valence electrons. The van der Waals surface area contributed by atoms with Crippen LogP contribution in [0.15, 0.2) is 72.8 Å². The van der Waals surface area contributed by atoms with Gasteiger partial charge < -0.3 is 10.2 Å². The van der Waals surface area contributed by atoms with Crippen molar-refractivity contribution in [2.45, 2.75) is 25.3 Å². The Morgan fingerprint density at radius 3 is 1.84 bits per heavy atom. The SMILES string of the molecule is CC(O)c1ccc2ccccc2c1.OC(c1ccccc1)C(F)(F)F. The van der Waals surface area contributed by atoms with Crippen LogP contribution in [0, 0.1) is 0 Å². The highest BCUT2D eigenvalue weighted by atomic mass is 19.4. The van der Waals surface area contributed by atoms with Gasteiger partial charge in [-0.1, -0.05) is 66.7 Å². The summed E-state index contributed by atoms with van der Waals surface area (Å²) in [5, 5.41) is 20.5. The first-order valence-electron chi connectivity index (χ1n) is 7.75. The second kappa shape index (κ2) is 8.14. The van der Waals surface area contributed by atoms with E-state index in [4.69, 9.17) is 5.11 Å². The number of fused-ring (bicyclic) bond motifs is 1. The predicted octanol–water partition coefficient (Wildman–Crippen LogP) is 5.18. The maximum atomic E-state index is 11.9. The summed E-state index contributed by atoms with van der Waals surface area (Å²) in [6, 6.07) is 21.1. The number of aliphatic hydroxyl groups excluding tert-OH is 2. The first kappa shape index (κ1) is 19.0. The van der Waals surface area contributed by atoms with Gasteiger partial charge in [0.15, 0.2) is 6.10 Å². The normalized spacial score (nSPS) is 13.7. The van der Waals surface area contributed by atoms with Gasteiger partial charge in [0.2, 0.25) is 0 Å². The molecule has 2 atom stereocenters. The Balaban J connectivity index is 0.000000181. The van der Waals surface area contributed by atoms with E-state index in [1.807, 2.05) is 30.3 Å². The minimum atomic E-state index is -4.58. The first-order valence-corrected chi connectivity index (χ1v) is 7.75. The second-order valence-electron chi connectivity index (χ2n) is 5.64. The first-order chi connectivity index (χ1) is 11.8. The van der Waals surface area contributed by atoms with Crippen LogP contribution in [0.2, 0.25) is 0 Å². The smallest absolute Gasteiger partial charge is 0.389 e. The third kappa shape index (κ3) is 5.31. The van der Waals surface area contributed by atoms with Gasteiger partial charge >= 0.3 is 6.18 Å². The molecule has 0 amide bonds. The van der Waals surface area contributed by atoms with E-state index in [0.717, 1.165) is 5.56 Å². The highest BCUT2D eigenvalue weighted by Crippen LogP contribution is 2.31. The lowest BCUT2D eigenvalue weighted by atomic mass is 10.0. The van der Waals surface area contributed by atoms with E-state index in [9.17, 15) is 18.3 Å². The average molecular weight is 348 g/mol. The Hall–Kier alpha value is -2.37. The molecule has 2 unspecified atom stereocenters. The quantitative estimate of drug-likeness (QED) is 0.670. The number of halogens is 3. The number of alkyl halides is 3. The van der Waals surface area contributed by atoms with Gasteiger partial charge in [0.25, 0.3) is 0 Å². The molecule has 5 heteroatoms. The Kier molecular flexibility index (Phi) is 6.17. The summed E-state index contributed by atoms with van der Waals surface area (Å²) in [5.41, 5.74) is 0.837. The second-order valence-corrected chi connectivity index (χ2v) is 5.64. The average Bonchev–Trinajstić information content (AvgIpc) is 2.61. The highest BCUT2D eigenvalue weighted by molar-refractivity contribution is 5.83. The molecule has 0 saturated carbocycles. The van der Waals surface area contributed by atoms with Crippen molar-refractivity contribution in [3.63, 3.8) is 0 Å². The lowest BCUT2D eigenvalue weighted by molar-refractivity contribution is -0.206. The molecule has 3 aromatic carbocycles. The standard InChI is InChI=1S/C12H12O.C8H7F3O/c1-9(13)11-7-6-10-4-2-3-5-12(10)8-11;9-8(10,11)7(12)6-4-2-1-3-5-6/h2-9,13H,1H3;1-5,7,12H. The van der Waals surface area contributed by atoms with Crippen molar-refractivity contribution in [2.75, 3.05) is 0 Å². The van der Waals surface area contributed by atoms with Crippen molar-refractivity contribution in [2.24, 2.45) is 0 Å². The number of aliphatic hydroxyl groups is 2. The van der Waals surface area contributed by atoms with Crippen LogP contribution in [0.5, 0.6) is 0 Å². The van der Waals surface area contributed by atoms with Gasteiger partial charge in [0.1, 0.15) is 0 Å². The monoisotopic (exact) mass is 348 g/mol. The molecule has 0 aliphatic heterocycles. The van der Waals surface area contributed by atoms with Gasteiger partial charge in [-0.3, -0.25) is 0 Å². The predicted molar refractivity (Wildman–Crippen MR) is 92.0 cm³/mol. The Morgan fingerprint density at radius 1 is 0.720 bits per heavy atom. The van der Waals surface area contributed by atoms with Crippen molar-refractivity contribution in [1.82, 2.24) is 0 Å². The summed E-state index contributed by atoms with van der Waals surface area (Å²) >= 11 is 0. The van der Waals surface area contributed by atoms with E-state index in [1.165, 1.54) is 35.0 Å². The van der Waals surface area contributed by atoms with Gasteiger partial charge in [0.05, 0.1) is 6.10 Å². The topological polar surface area (TPSA) is 40.5 Å². The Bertz CT molecular complexity index is 799. The molecule has 0 aromatic heterocycles. The summed E-state index contributed by atoms with van der Waals surface area (Å²) in [6.45, 7) is 1.78. The van der Waals surface area contributed by atoms with Crippen LogP contribution in [0.1, 0.15) is 30.3 Å². The highest BCUT2D eigenvalue weighted by Gasteiger charge is 2.39. The molecule has 0 aliphatic carbocycles. The van der Waals surface area contributed by atoms with Crippen LogP contribution in [-0.4, -0.2) is 16.4 Å². The summed E-state index contributed by atoms with van der Waals surface area (Å²) in [4.78, 5) is 0. The van der Waals surface area contributed by atoms with Crippen LogP contribution in [0.4, 0.5) is 13.2 Å². The molecule has 3 rings (SSSR count). The zero-order chi connectivity index (χ0) is 18.4. The van der Waals surface area contributed by atoms with Gasteiger partial charge in [-0.15, -0.1) is 0 Å². The molecule has 0 fully saturated rings. The number of benzene rings is 3. The number of rotatable bonds is 2. The molecule has 0 saturated heterocycles. The Morgan fingerprint density at radius 2 is 1.28 bits per heavy atom. The van der Waals surface area contributed by atoms with Crippen molar-refractivity contribution in [3.05, 3.63) is 83.9 Å². The molecule has 0 spiro atoms. The molecular formula is C20H19F3O2. The molecule has 2 N–H and O–H groups in total. The van der Waals surface area contributed by atoms with Gasteiger partial charge in [-0.25, -0.2) is 0 Å². The molecule has 0 heterocycles. The lowest BCUT2D eigenvalue weighted by Gasteiger charge is -2.13. The van der Waals surface area contributed by atoms with E-state index in [2.05, 4.69) is 12.1 Å². The summed E-state index contributed by atoms with van der Waals surface area (Å²) in [5.74, 6) is 0. The van der Waals surface area contributed by atoms with Crippen LogP contribution >= 0.6 is 0 Å².